The van der Waals surface area contributed by atoms with E-state index in [-0.39, 0.29) is 34.4 Å². The number of rotatable bonds is 9. The van der Waals surface area contributed by atoms with Crippen molar-refractivity contribution >= 4 is 35.3 Å². The van der Waals surface area contributed by atoms with Gasteiger partial charge in [-0.25, -0.2) is 18.8 Å². The highest BCUT2D eigenvalue weighted by atomic mass is 35.5. The smallest absolute Gasteiger partial charge is 0.382 e. The highest BCUT2D eigenvalue weighted by molar-refractivity contribution is 6.30. The van der Waals surface area contributed by atoms with E-state index in [9.17, 15) is 31.9 Å². The van der Waals surface area contributed by atoms with Crippen LogP contribution in [0.1, 0.15) is 39.4 Å². The fourth-order valence-electron chi connectivity index (χ4n) is 4.09. The van der Waals surface area contributed by atoms with Crippen LogP contribution in [-0.2, 0) is 9.53 Å². The molecule has 17 heteroatoms. The van der Waals surface area contributed by atoms with E-state index in [0.29, 0.717) is 5.56 Å². The zero-order valence-corrected chi connectivity index (χ0v) is 22.1. The van der Waals surface area contributed by atoms with Gasteiger partial charge < -0.3 is 25.6 Å². The summed E-state index contributed by atoms with van der Waals surface area (Å²) in [6.45, 7) is 0.641. The molecule has 41 heavy (non-hydrogen) atoms. The van der Waals surface area contributed by atoms with E-state index in [0.717, 1.165) is 17.0 Å². The van der Waals surface area contributed by atoms with E-state index in [1.807, 2.05) is 5.32 Å². The topological polar surface area (TPSA) is 152 Å². The Morgan fingerprint density at radius 1 is 1.24 bits per heavy atom. The molecule has 1 aliphatic heterocycles. The summed E-state index contributed by atoms with van der Waals surface area (Å²) in [6, 6.07) is 0.796. The lowest BCUT2D eigenvalue weighted by Crippen LogP contribution is -2.40. The number of alkyl halides is 3. The normalized spacial score (nSPS) is 16.7. The van der Waals surface area contributed by atoms with E-state index in [1.165, 1.54) is 38.4 Å². The van der Waals surface area contributed by atoms with Gasteiger partial charge >= 0.3 is 12.2 Å². The van der Waals surface area contributed by atoms with E-state index in [1.54, 1.807) is 0 Å². The van der Waals surface area contributed by atoms with Crippen molar-refractivity contribution < 1.29 is 41.3 Å². The molecule has 1 fully saturated rings. The minimum atomic E-state index is -4.65. The quantitative estimate of drug-likeness (QED) is 0.317. The van der Waals surface area contributed by atoms with Crippen LogP contribution in [0.15, 0.2) is 41.2 Å². The lowest BCUT2D eigenvalue weighted by atomic mass is 10.0. The Balaban J connectivity index is 1.60. The molecule has 0 unspecified atom stereocenters. The van der Waals surface area contributed by atoms with Crippen LogP contribution in [0.25, 0.3) is 0 Å². The molecule has 3 aromatic rings. The van der Waals surface area contributed by atoms with Gasteiger partial charge in [-0.1, -0.05) is 22.8 Å². The van der Waals surface area contributed by atoms with Gasteiger partial charge in [0.1, 0.15) is 29.4 Å². The van der Waals surface area contributed by atoms with E-state index >= 15 is 0 Å². The van der Waals surface area contributed by atoms with Crippen LogP contribution in [0.5, 0.6) is 0 Å². The van der Waals surface area contributed by atoms with Crippen molar-refractivity contribution in [3.8, 4) is 0 Å². The number of benzene rings is 1. The summed E-state index contributed by atoms with van der Waals surface area (Å²) < 4.78 is 63.2. The van der Waals surface area contributed by atoms with Gasteiger partial charge in [0.05, 0.1) is 24.2 Å². The molecular weight excluding hydrogens is 578 g/mol. The number of aryl methyl sites for hydroxylation is 1. The molecule has 2 aromatic heterocycles. The number of carbonyl (C=O) groups excluding carboxylic acids is 3. The number of nitrogens with one attached hydrogen (secondary N) is 3. The summed E-state index contributed by atoms with van der Waals surface area (Å²) in [5, 5.41) is 13.6. The van der Waals surface area contributed by atoms with Gasteiger partial charge in [0.25, 0.3) is 11.8 Å². The maximum atomic E-state index is 13.8. The Kier molecular flexibility index (Phi) is 8.72. The number of hydrogen-bond donors (Lipinski definition) is 3. The van der Waals surface area contributed by atoms with Crippen molar-refractivity contribution in [2.45, 2.75) is 31.2 Å². The molecule has 0 saturated carbocycles. The molecule has 3 N–H and O–H groups in total. The zero-order valence-electron chi connectivity index (χ0n) is 21.3. The average Bonchev–Trinajstić information content (AvgIpc) is 3.53. The minimum absolute atomic E-state index is 0.0627. The standard InChI is InChI=1S/C24H22ClF4N7O5/c1-11-19(35-41-34-11)21(37)33-20(13-3-4-15(26)14(25)7-13)22(38)32-18-8-12(5-6-30-18)16(10-40-2)36-9-17(24(27,28)29)31-23(36)39/h3-8,16-17,20H,9-10H2,1-2H3,(H,31,39)(H,33,37)(H,30,32,38)/t16-,17+,20+/m1/s1. The Hall–Kier alpha value is -4.31. The molecule has 0 aliphatic carbocycles. The third-order valence-corrected chi connectivity index (χ3v) is 6.43. The summed E-state index contributed by atoms with van der Waals surface area (Å²) >= 11 is 5.89. The van der Waals surface area contributed by atoms with Crippen LogP contribution in [0.3, 0.4) is 0 Å². The Morgan fingerprint density at radius 2 is 2.00 bits per heavy atom. The molecule has 1 aromatic carbocycles. The number of nitrogens with zero attached hydrogens (tertiary/aromatic N) is 4. The number of amides is 4. The number of halogens is 5. The predicted molar refractivity (Wildman–Crippen MR) is 133 cm³/mol. The molecular formula is C24H22ClF4N7O5. The first-order valence-electron chi connectivity index (χ1n) is 11.8. The molecule has 4 rings (SSSR count). The SMILES string of the molecule is COC[C@H](c1ccnc(NC(=O)[C@@H](NC(=O)c2nonc2C)c2ccc(F)c(Cl)c2)c1)N1C[C@@H](C(F)(F)F)NC1=O. The molecule has 3 atom stereocenters. The molecule has 1 aliphatic rings. The van der Waals surface area contributed by atoms with E-state index in [2.05, 4.69) is 30.6 Å². The van der Waals surface area contributed by atoms with Crippen LogP contribution < -0.4 is 16.0 Å². The highest BCUT2D eigenvalue weighted by Crippen LogP contribution is 2.31. The van der Waals surface area contributed by atoms with Crippen LogP contribution >= 0.6 is 11.6 Å². The number of aromatic nitrogens is 3. The second-order valence-electron chi connectivity index (χ2n) is 8.91. The molecule has 4 amide bonds. The van der Waals surface area contributed by atoms with Crippen molar-refractivity contribution in [2.75, 3.05) is 25.6 Å². The monoisotopic (exact) mass is 599 g/mol. The third-order valence-electron chi connectivity index (χ3n) is 6.14. The van der Waals surface area contributed by atoms with E-state index in [4.69, 9.17) is 16.3 Å². The second-order valence-corrected chi connectivity index (χ2v) is 9.32. The first-order chi connectivity index (χ1) is 19.4. The summed E-state index contributed by atoms with van der Waals surface area (Å²) in [7, 11) is 1.32. The van der Waals surface area contributed by atoms with Gasteiger partial charge in [-0.05, 0) is 47.5 Å². The van der Waals surface area contributed by atoms with Gasteiger partial charge in [0, 0.05) is 13.3 Å². The van der Waals surface area contributed by atoms with Crippen molar-refractivity contribution in [1.29, 1.82) is 0 Å². The predicted octanol–water partition coefficient (Wildman–Crippen LogP) is 3.32. The number of anilines is 1. The largest absolute Gasteiger partial charge is 0.410 e. The molecule has 0 radical (unpaired) electrons. The Morgan fingerprint density at radius 3 is 2.61 bits per heavy atom. The van der Waals surface area contributed by atoms with Gasteiger partial charge in [-0.15, -0.1) is 0 Å². The summed E-state index contributed by atoms with van der Waals surface area (Å²) in [4.78, 5) is 43.6. The fourth-order valence-corrected chi connectivity index (χ4v) is 4.27. The van der Waals surface area contributed by atoms with Crippen LogP contribution in [-0.4, -0.2) is 70.5 Å². The number of ether oxygens (including phenoxy) is 1. The highest BCUT2D eigenvalue weighted by Gasteiger charge is 2.48. The summed E-state index contributed by atoms with van der Waals surface area (Å²) in [6.07, 6.45) is -3.38. The van der Waals surface area contributed by atoms with Crippen LogP contribution in [0.4, 0.5) is 28.2 Å². The van der Waals surface area contributed by atoms with Crippen molar-refractivity contribution in [3.63, 3.8) is 0 Å². The maximum Gasteiger partial charge on any atom is 0.410 e. The average molecular weight is 600 g/mol. The number of hydrogen-bond acceptors (Lipinski definition) is 8. The molecule has 1 saturated heterocycles. The Bertz CT molecular complexity index is 1450. The van der Waals surface area contributed by atoms with Gasteiger partial charge in [-0.2, -0.15) is 13.2 Å². The van der Waals surface area contributed by atoms with Crippen molar-refractivity contribution in [1.82, 2.24) is 30.8 Å². The maximum absolute atomic E-state index is 13.8. The van der Waals surface area contributed by atoms with Gasteiger partial charge in [-0.3, -0.25) is 9.59 Å². The summed E-state index contributed by atoms with van der Waals surface area (Å²) in [5.74, 6) is -2.48. The number of methoxy groups -OCH3 is 1. The molecule has 218 valence electrons. The van der Waals surface area contributed by atoms with Crippen molar-refractivity contribution in [2.24, 2.45) is 0 Å². The van der Waals surface area contributed by atoms with E-state index < -0.39 is 54.5 Å². The van der Waals surface area contributed by atoms with Gasteiger partial charge in [0.15, 0.2) is 5.69 Å². The fraction of sp³-hybridized carbons (Fsp3) is 0.333. The van der Waals surface area contributed by atoms with Gasteiger partial charge in [0.2, 0.25) is 0 Å². The first kappa shape index (κ1) is 29.7. The lowest BCUT2D eigenvalue weighted by Gasteiger charge is -2.27. The number of urea groups is 1. The van der Waals surface area contributed by atoms with Crippen LogP contribution in [0.2, 0.25) is 5.02 Å². The van der Waals surface area contributed by atoms with Crippen LogP contribution in [0, 0.1) is 12.7 Å². The number of carbonyl (C=O) groups is 3. The first-order valence-corrected chi connectivity index (χ1v) is 12.2. The second kappa shape index (κ2) is 12.1. The number of pyridine rings is 1. The van der Waals surface area contributed by atoms with Crippen molar-refractivity contribution in [3.05, 3.63) is 69.9 Å². The molecule has 3 heterocycles. The third kappa shape index (κ3) is 6.71. The zero-order chi connectivity index (χ0) is 29.9. The molecule has 0 bridgehead atoms. The Labute approximate surface area is 234 Å². The molecule has 12 nitrogen and oxygen atoms in total. The lowest BCUT2D eigenvalue weighted by molar-refractivity contribution is -0.150. The summed E-state index contributed by atoms with van der Waals surface area (Å²) in [5.41, 5.74) is 0.372. The minimum Gasteiger partial charge on any atom is -0.382 e. The molecule has 0 spiro atoms.